The summed E-state index contributed by atoms with van der Waals surface area (Å²) in [7, 11) is -2.13. The summed E-state index contributed by atoms with van der Waals surface area (Å²) in [5.41, 5.74) is 2.96. The third-order valence-electron chi connectivity index (χ3n) is 6.33. The van der Waals surface area contributed by atoms with Crippen LogP contribution in [-0.2, 0) is 19.6 Å². The van der Waals surface area contributed by atoms with Gasteiger partial charge in [0.05, 0.1) is 22.7 Å². The van der Waals surface area contributed by atoms with Crippen LogP contribution in [0.1, 0.15) is 23.1 Å². The number of sulfonamides is 1. The van der Waals surface area contributed by atoms with Gasteiger partial charge in [-0.1, -0.05) is 29.8 Å². The quantitative estimate of drug-likeness (QED) is 0.741. The van der Waals surface area contributed by atoms with E-state index in [1.165, 1.54) is 0 Å². The number of benzene rings is 2. The second-order valence-corrected chi connectivity index (χ2v) is 10.7. The molecule has 1 N–H and O–H groups in total. The van der Waals surface area contributed by atoms with E-state index in [9.17, 15) is 18.0 Å². The Balaban J connectivity index is 1.78. The summed E-state index contributed by atoms with van der Waals surface area (Å²) in [6.45, 7) is 8.04. The van der Waals surface area contributed by atoms with E-state index in [2.05, 4.69) is 10.2 Å². The van der Waals surface area contributed by atoms with E-state index in [1.54, 1.807) is 43.0 Å². The van der Waals surface area contributed by atoms with Crippen LogP contribution in [0.15, 0.2) is 41.3 Å². The highest BCUT2D eigenvalue weighted by Gasteiger charge is 2.43. The molecule has 9 heteroatoms. The van der Waals surface area contributed by atoms with Gasteiger partial charge >= 0.3 is 0 Å². The fourth-order valence-corrected chi connectivity index (χ4v) is 6.81. The maximum Gasteiger partial charge on any atom is 0.265 e. The van der Waals surface area contributed by atoms with Crippen molar-refractivity contribution in [1.29, 1.82) is 0 Å². The van der Waals surface area contributed by atoms with Crippen LogP contribution in [0, 0.1) is 20.8 Å². The number of aryl methyl sites for hydroxylation is 3. The van der Waals surface area contributed by atoms with Gasteiger partial charge in [0.15, 0.2) is 0 Å². The molecule has 0 bridgehead atoms. The molecular weight excluding hydrogens is 440 g/mol. The van der Waals surface area contributed by atoms with Crippen molar-refractivity contribution < 1.29 is 18.0 Å². The molecule has 2 aliphatic rings. The summed E-state index contributed by atoms with van der Waals surface area (Å²) < 4.78 is 29.3. The van der Waals surface area contributed by atoms with Gasteiger partial charge in [0, 0.05) is 26.2 Å². The minimum Gasteiger partial charge on any atom is -0.340 e. The molecule has 176 valence electrons. The second-order valence-electron chi connectivity index (χ2n) is 8.94. The summed E-state index contributed by atoms with van der Waals surface area (Å²) in [4.78, 5) is 30.3. The van der Waals surface area contributed by atoms with Crippen molar-refractivity contribution in [2.24, 2.45) is 0 Å². The van der Waals surface area contributed by atoms with E-state index in [1.807, 2.05) is 26.1 Å². The zero-order valence-electron chi connectivity index (χ0n) is 19.5. The first-order valence-electron chi connectivity index (χ1n) is 11.1. The van der Waals surface area contributed by atoms with Crippen molar-refractivity contribution in [3.8, 4) is 0 Å². The molecular formula is C24H30N4O4S. The fourth-order valence-electron chi connectivity index (χ4n) is 4.76. The summed E-state index contributed by atoms with van der Waals surface area (Å²) >= 11 is 0. The minimum absolute atomic E-state index is 0.176. The van der Waals surface area contributed by atoms with Gasteiger partial charge in [-0.2, -0.15) is 0 Å². The molecule has 2 aromatic carbocycles. The molecule has 2 aromatic rings. The molecule has 0 aliphatic carbocycles. The van der Waals surface area contributed by atoms with Crippen molar-refractivity contribution in [1.82, 2.24) is 9.80 Å². The van der Waals surface area contributed by atoms with Crippen molar-refractivity contribution in [3.05, 3.63) is 53.1 Å². The van der Waals surface area contributed by atoms with Crippen LogP contribution < -0.4 is 9.62 Å². The maximum absolute atomic E-state index is 14.1. The van der Waals surface area contributed by atoms with Crippen molar-refractivity contribution in [2.45, 2.75) is 38.1 Å². The first-order chi connectivity index (χ1) is 15.6. The first-order valence-corrected chi connectivity index (χ1v) is 12.5. The largest absolute Gasteiger partial charge is 0.340 e. The lowest BCUT2D eigenvalue weighted by Gasteiger charge is -2.39. The number of para-hydroxylation sites is 2. The number of hydrogen-bond donors (Lipinski definition) is 1. The number of amides is 2. The lowest BCUT2D eigenvalue weighted by atomic mass is 10.1. The monoisotopic (exact) mass is 470 g/mol. The molecule has 2 amide bonds. The Morgan fingerprint density at radius 2 is 1.64 bits per heavy atom. The number of likely N-dealkylation sites (N-methyl/N-ethyl adjacent to an activating group) is 1. The Labute approximate surface area is 195 Å². The number of piperazine rings is 1. The molecule has 0 spiro atoms. The van der Waals surface area contributed by atoms with Crippen LogP contribution in [0.3, 0.4) is 0 Å². The molecule has 0 aromatic heterocycles. The molecule has 1 unspecified atom stereocenters. The lowest BCUT2D eigenvalue weighted by Crippen LogP contribution is -2.54. The average Bonchev–Trinajstić information content (AvgIpc) is 2.73. The van der Waals surface area contributed by atoms with Crippen LogP contribution in [0.25, 0.3) is 0 Å². The summed E-state index contributed by atoms with van der Waals surface area (Å²) in [5, 5.41) is 2.79. The van der Waals surface area contributed by atoms with E-state index in [-0.39, 0.29) is 17.2 Å². The first kappa shape index (κ1) is 23.3. The predicted octanol–water partition coefficient (Wildman–Crippen LogP) is 2.29. The third-order valence-corrected chi connectivity index (χ3v) is 8.46. The summed E-state index contributed by atoms with van der Waals surface area (Å²) in [6.07, 6.45) is -0.215. The molecule has 4 rings (SSSR count). The Morgan fingerprint density at radius 1 is 1.03 bits per heavy atom. The Hall–Kier alpha value is -2.91. The predicted molar refractivity (Wildman–Crippen MR) is 128 cm³/mol. The Bertz CT molecular complexity index is 1180. The minimum atomic E-state index is -4.13. The van der Waals surface area contributed by atoms with Crippen molar-refractivity contribution in [3.63, 3.8) is 0 Å². The van der Waals surface area contributed by atoms with Crippen LogP contribution in [-0.4, -0.2) is 69.3 Å². The number of anilines is 2. The third kappa shape index (κ3) is 4.35. The highest BCUT2D eigenvalue weighted by Crippen LogP contribution is 2.39. The second kappa shape index (κ2) is 8.79. The number of nitrogens with one attached hydrogen (secondary N) is 1. The van der Waals surface area contributed by atoms with Crippen LogP contribution in [0.4, 0.5) is 11.4 Å². The van der Waals surface area contributed by atoms with Gasteiger partial charge < -0.3 is 15.1 Å². The van der Waals surface area contributed by atoms with E-state index in [0.29, 0.717) is 35.6 Å². The van der Waals surface area contributed by atoms with Gasteiger partial charge in [0.1, 0.15) is 6.04 Å². The molecule has 1 atom stereocenters. The Morgan fingerprint density at radius 3 is 2.27 bits per heavy atom. The summed E-state index contributed by atoms with van der Waals surface area (Å²) in [6, 6.07) is 9.27. The highest BCUT2D eigenvalue weighted by atomic mass is 32.2. The molecule has 1 saturated heterocycles. The average molecular weight is 471 g/mol. The number of rotatable bonds is 4. The fraction of sp³-hybridized carbons (Fsp3) is 0.417. The topological polar surface area (TPSA) is 90.0 Å². The SMILES string of the molecule is Cc1cc(C)c(S(=O)(=O)N2c3ccccc3NC(=O)C2CC(=O)N2CCN(C)CC2)c(C)c1. The van der Waals surface area contributed by atoms with Gasteiger partial charge in [-0.05, 0) is 51.1 Å². The van der Waals surface area contributed by atoms with Crippen molar-refractivity contribution in [2.75, 3.05) is 42.8 Å². The molecule has 0 saturated carbocycles. The zero-order valence-corrected chi connectivity index (χ0v) is 20.3. The zero-order chi connectivity index (χ0) is 23.9. The molecule has 1 fully saturated rings. The number of carbonyl (C=O) groups is 2. The van der Waals surface area contributed by atoms with E-state index in [4.69, 9.17) is 0 Å². The highest BCUT2D eigenvalue weighted by molar-refractivity contribution is 7.93. The number of carbonyl (C=O) groups excluding carboxylic acids is 2. The Kier molecular flexibility index (Phi) is 6.20. The van der Waals surface area contributed by atoms with Gasteiger partial charge in [-0.25, -0.2) is 8.42 Å². The molecule has 2 heterocycles. The van der Waals surface area contributed by atoms with E-state index in [0.717, 1.165) is 23.0 Å². The number of fused-ring (bicyclic) bond motifs is 1. The van der Waals surface area contributed by atoms with Gasteiger partial charge in [-0.3, -0.25) is 13.9 Å². The molecule has 33 heavy (non-hydrogen) atoms. The van der Waals surface area contributed by atoms with E-state index >= 15 is 0 Å². The lowest BCUT2D eigenvalue weighted by molar-refractivity contribution is -0.134. The van der Waals surface area contributed by atoms with Crippen LogP contribution in [0.2, 0.25) is 0 Å². The van der Waals surface area contributed by atoms with Gasteiger partial charge in [-0.15, -0.1) is 0 Å². The van der Waals surface area contributed by atoms with Crippen LogP contribution in [0.5, 0.6) is 0 Å². The van der Waals surface area contributed by atoms with E-state index < -0.39 is 22.0 Å². The number of hydrogen-bond acceptors (Lipinski definition) is 5. The van der Waals surface area contributed by atoms with Gasteiger partial charge in [0.2, 0.25) is 11.8 Å². The maximum atomic E-state index is 14.1. The standard InChI is InChI=1S/C24H30N4O4S/c1-16-13-17(2)23(18(3)14-16)33(31,32)28-20-8-6-5-7-19(20)25-24(30)21(28)15-22(29)27-11-9-26(4)10-12-27/h5-8,13-14,21H,9-12,15H2,1-4H3,(H,25,30). The van der Waals surface area contributed by atoms with Crippen molar-refractivity contribution >= 4 is 33.2 Å². The normalized spacial score (nSPS) is 19.3. The summed E-state index contributed by atoms with van der Waals surface area (Å²) in [5.74, 6) is -0.720. The smallest absolute Gasteiger partial charge is 0.265 e. The van der Waals surface area contributed by atoms with Crippen LogP contribution >= 0.6 is 0 Å². The van der Waals surface area contributed by atoms with Gasteiger partial charge in [0.25, 0.3) is 10.0 Å². The number of nitrogens with zero attached hydrogens (tertiary/aromatic N) is 3. The molecule has 8 nitrogen and oxygen atoms in total. The molecule has 0 radical (unpaired) electrons. The molecule has 2 aliphatic heterocycles.